The average molecular weight is 319 g/mol. The highest BCUT2D eigenvalue weighted by atomic mass is 32.2. The lowest BCUT2D eigenvalue weighted by Crippen LogP contribution is -2.26. The second-order valence-electron chi connectivity index (χ2n) is 5.28. The maximum atomic E-state index is 12.3. The molecule has 22 heavy (non-hydrogen) atoms. The number of aromatic nitrogens is 4. The van der Waals surface area contributed by atoms with Gasteiger partial charge in [-0.15, -0.1) is 5.10 Å². The second kappa shape index (κ2) is 7.40. The van der Waals surface area contributed by atoms with Gasteiger partial charge in [-0.2, -0.15) is 0 Å². The SMILES string of the molecule is Cc1ccc(C)c(N(C)C(=O)CCCSc2nnnn2C)c1. The molecule has 1 heterocycles. The number of amides is 1. The van der Waals surface area contributed by atoms with Crippen LogP contribution in [0.4, 0.5) is 5.69 Å². The highest BCUT2D eigenvalue weighted by Gasteiger charge is 2.13. The van der Waals surface area contributed by atoms with Gasteiger partial charge in [-0.05, 0) is 47.9 Å². The summed E-state index contributed by atoms with van der Waals surface area (Å²) in [5.74, 6) is 0.950. The van der Waals surface area contributed by atoms with Crippen LogP contribution in [0.25, 0.3) is 0 Å². The van der Waals surface area contributed by atoms with E-state index in [-0.39, 0.29) is 5.91 Å². The number of tetrazole rings is 1. The molecule has 0 aliphatic carbocycles. The number of benzene rings is 1. The molecular formula is C15H21N5OS. The highest BCUT2D eigenvalue weighted by molar-refractivity contribution is 7.99. The molecule has 0 aliphatic rings. The first-order valence-corrected chi connectivity index (χ1v) is 8.16. The summed E-state index contributed by atoms with van der Waals surface area (Å²) in [7, 11) is 3.64. The van der Waals surface area contributed by atoms with E-state index >= 15 is 0 Å². The Kier molecular flexibility index (Phi) is 5.54. The fourth-order valence-corrected chi connectivity index (χ4v) is 2.90. The van der Waals surface area contributed by atoms with Crippen molar-refractivity contribution in [3.63, 3.8) is 0 Å². The van der Waals surface area contributed by atoms with E-state index in [1.807, 2.05) is 40.1 Å². The van der Waals surface area contributed by atoms with E-state index in [9.17, 15) is 4.79 Å². The Morgan fingerprint density at radius 1 is 1.36 bits per heavy atom. The zero-order valence-electron chi connectivity index (χ0n) is 13.4. The van der Waals surface area contributed by atoms with Crippen LogP contribution >= 0.6 is 11.8 Å². The number of thioether (sulfide) groups is 1. The minimum Gasteiger partial charge on any atom is -0.315 e. The fraction of sp³-hybridized carbons (Fsp3) is 0.467. The maximum absolute atomic E-state index is 12.3. The van der Waals surface area contributed by atoms with E-state index < -0.39 is 0 Å². The number of nitrogens with zero attached hydrogens (tertiary/aromatic N) is 5. The highest BCUT2D eigenvalue weighted by Crippen LogP contribution is 2.22. The summed E-state index contributed by atoms with van der Waals surface area (Å²) in [6, 6.07) is 6.15. The summed E-state index contributed by atoms with van der Waals surface area (Å²) >= 11 is 1.56. The largest absolute Gasteiger partial charge is 0.315 e. The van der Waals surface area contributed by atoms with Gasteiger partial charge >= 0.3 is 0 Å². The summed E-state index contributed by atoms with van der Waals surface area (Å²) in [5, 5.41) is 12.0. The van der Waals surface area contributed by atoms with Crippen LogP contribution in [0.15, 0.2) is 23.4 Å². The van der Waals surface area contributed by atoms with Crippen molar-refractivity contribution in [1.29, 1.82) is 0 Å². The van der Waals surface area contributed by atoms with Crippen LogP contribution in [-0.4, -0.2) is 38.9 Å². The number of carbonyl (C=O) groups is 1. The lowest BCUT2D eigenvalue weighted by atomic mass is 10.1. The monoisotopic (exact) mass is 319 g/mol. The van der Waals surface area contributed by atoms with Crippen molar-refractivity contribution < 1.29 is 4.79 Å². The predicted molar refractivity (Wildman–Crippen MR) is 88.1 cm³/mol. The van der Waals surface area contributed by atoms with Crippen LogP contribution in [0.2, 0.25) is 0 Å². The molecule has 0 radical (unpaired) electrons. The predicted octanol–water partition coefficient (Wildman–Crippen LogP) is 2.36. The minimum atomic E-state index is 0.130. The molecule has 0 saturated heterocycles. The number of anilines is 1. The molecule has 7 heteroatoms. The van der Waals surface area contributed by atoms with Gasteiger partial charge in [-0.1, -0.05) is 23.9 Å². The topological polar surface area (TPSA) is 63.9 Å². The number of hydrogen-bond acceptors (Lipinski definition) is 5. The molecule has 2 rings (SSSR count). The van der Waals surface area contributed by atoms with Gasteiger partial charge in [0.2, 0.25) is 11.1 Å². The van der Waals surface area contributed by atoms with Crippen molar-refractivity contribution in [2.45, 2.75) is 31.8 Å². The number of rotatable bonds is 6. The Morgan fingerprint density at radius 2 is 2.14 bits per heavy atom. The van der Waals surface area contributed by atoms with Gasteiger partial charge in [0.15, 0.2) is 0 Å². The first-order chi connectivity index (χ1) is 10.5. The lowest BCUT2D eigenvalue weighted by Gasteiger charge is -2.20. The number of aryl methyl sites for hydroxylation is 3. The van der Waals surface area contributed by atoms with Gasteiger partial charge in [0, 0.05) is 32.0 Å². The molecule has 118 valence electrons. The molecule has 0 N–H and O–H groups in total. The van der Waals surface area contributed by atoms with E-state index in [4.69, 9.17) is 0 Å². The molecule has 0 saturated carbocycles. The van der Waals surface area contributed by atoms with Crippen molar-refractivity contribution in [1.82, 2.24) is 20.2 Å². The molecule has 1 aromatic carbocycles. The fourth-order valence-electron chi connectivity index (χ4n) is 2.11. The van der Waals surface area contributed by atoms with Gasteiger partial charge in [0.05, 0.1) is 0 Å². The van der Waals surface area contributed by atoms with Crippen molar-refractivity contribution in [2.24, 2.45) is 7.05 Å². The van der Waals surface area contributed by atoms with E-state index in [2.05, 4.69) is 21.6 Å². The number of hydrogen-bond donors (Lipinski definition) is 0. The van der Waals surface area contributed by atoms with Crippen LogP contribution in [0, 0.1) is 13.8 Å². The van der Waals surface area contributed by atoms with Gasteiger partial charge < -0.3 is 4.90 Å². The molecule has 0 fully saturated rings. The first kappa shape index (κ1) is 16.5. The van der Waals surface area contributed by atoms with Crippen LogP contribution < -0.4 is 4.90 Å². The van der Waals surface area contributed by atoms with E-state index in [1.165, 1.54) is 0 Å². The normalized spacial score (nSPS) is 10.7. The minimum absolute atomic E-state index is 0.130. The maximum Gasteiger partial charge on any atom is 0.226 e. The molecule has 2 aromatic rings. The van der Waals surface area contributed by atoms with Gasteiger partial charge in [0.25, 0.3) is 0 Å². The molecule has 0 bridgehead atoms. The average Bonchev–Trinajstić information content (AvgIpc) is 2.90. The zero-order chi connectivity index (χ0) is 16.1. The van der Waals surface area contributed by atoms with E-state index in [1.54, 1.807) is 21.3 Å². The van der Waals surface area contributed by atoms with Crippen molar-refractivity contribution in [2.75, 3.05) is 17.7 Å². The lowest BCUT2D eigenvalue weighted by molar-refractivity contribution is -0.118. The van der Waals surface area contributed by atoms with E-state index in [0.29, 0.717) is 6.42 Å². The summed E-state index contributed by atoms with van der Waals surface area (Å²) in [6.07, 6.45) is 1.31. The molecule has 0 spiro atoms. The molecule has 0 aliphatic heterocycles. The summed E-state index contributed by atoms with van der Waals surface area (Å²) in [6.45, 7) is 4.06. The Bertz CT molecular complexity index is 655. The first-order valence-electron chi connectivity index (χ1n) is 7.18. The summed E-state index contributed by atoms with van der Waals surface area (Å²) < 4.78 is 1.63. The second-order valence-corrected chi connectivity index (χ2v) is 6.34. The quantitative estimate of drug-likeness (QED) is 0.604. The van der Waals surface area contributed by atoms with Gasteiger partial charge in [-0.3, -0.25) is 4.79 Å². The van der Waals surface area contributed by atoms with Crippen LogP contribution in [0.1, 0.15) is 24.0 Å². The molecule has 0 atom stereocenters. The molecule has 1 aromatic heterocycles. The van der Waals surface area contributed by atoms with E-state index in [0.717, 1.165) is 34.1 Å². The van der Waals surface area contributed by atoms with Gasteiger partial charge in [-0.25, -0.2) is 4.68 Å². The third-order valence-corrected chi connectivity index (χ3v) is 4.54. The molecule has 6 nitrogen and oxygen atoms in total. The van der Waals surface area contributed by atoms with Crippen LogP contribution in [0.3, 0.4) is 0 Å². The van der Waals surface area contributed by atoms with Crippen molar-refractivity contribution in [3.8, 4) is 0 Å². The Labute approximate surface area is 134 Å². The van der Waals surface area contributed by atoms with Crippen LogP contribution in [0.5, 0.6) is 0 Å². The third kappa shape index (κ3) is 4.07. The van der Waals surface area contributed by atoms with Crippen molar-refractivity contribution in [3.05, 3.63) is 29.3 Å². The van der Waals surface area contributed by atoms with Crippen LogP contribution in [-0.2, 0) is 11.8 Å². The Balaban J connectivity index is 1.84. The summed E-state index contributed by atoms with van der Waals surface area (Å²) in [5.41, 5.74) is 3.25. The van der Waals surface area contributed by atoms with Gasteiger partial charge in [0.1, 0.15) is 0 Å². The Morgan fingerprint density at radius 3 is 2.82 bits per heavy atom. The Hall–Kier alpha value is -1.89. The molecular weight excluding hydrogens is 298 g/mol. The molecule has 1 amide bonds. The number of carbonyl (C=O) groups excluding carboxylic acids is 1. The summed E-state index contributed by atoms with van der Waals surface area (Å²) in [4.78, 5) is 14.1. The zero-order valence-corrected chi connectivity index (χ0v) is 14.2. The standard InChI is InChI=1S/C15H21N5OS/c1-11-7-8-12(2)13(10-11)19(3)14(21)6-5-9-22-15-16-17-18-20(15)4/h7-8,10H,5-6,9H2,1-4H3. The molecule has 0 unspecified atom stereocenters. The van der Waals surface area contributed by atoms with Crippen molar-refractivity contribution >= 4 is 23.4 Å². The smallest absolute Gasteiger partial charge is 0.226 e. The third-order valence-electron chi connectivity index (χ3n) is 3.45.